The van der Waals surface area contributed by atoms with Crippen molar-refractivity contribution in [3.8, 4) is 0 Å². The molecule has 2 aromatic rings. The third-order valence-corrected chi connectivity index (χ3v) is 3.48. The summed E-state index contributed by atoms with van der Waals surface area (Å²) >= 11 is 8.86. The molecule has 4 heteroatoms. The lowest BCUT2D eigenvalue weighted by Crippen LogP contribution is -1.61. The van der Waals surface area contributed by atoms with Crippen molar-refractivity contribution in [3.63, 3.8) is 0 Å². The molecule has 0 aliphatic heterocycles. The van der Waals surface area contributed by atoms with Crippen molar-refractivity contribution >= 4 is 34.3 Å². The van der Waals surface area contributed by atoms with Crippen LogP contribution in [-0.4, -0.2) is 4.98 Å². The van der Waals surface area contributed by atoms with Crippen molar-refractivity contribution in [1.82, 2.24) is 4.98 Å². The molecular formula is C14H24ClNS2. The summed E-state index contributed by atoms with van der Waals surface area (Å²) in [6.45, 7) is 14.2. The molecule has 1 nitrogen and oxygen atoms in total. The molecule has 0 fully saturated rings. The Bertz CT molecular complexity index is 323. The highest BCUT2D eigenvalue weighted by Gasteiger charge is 1.88. The van der Waals surface area contributed by atoms with Crippen molar-refractivity contribution in [2.45, 2.75) is 48.5 Å². The van der Waals surface area contributed by atoms with E-state index in [1.807, 2.05) is 51.3 Å². The third-order valence-electron chi connectivity index (χ3n) is 1.47. The molecule has 18 heavy (non-hydrogen) atoms. The van der Waals surface area contributed by atoms with E-state index in [1.165, 1.54) is 9.75 Å². The van der Waals surface area contributed by atoms with E-state index in [2.05, 4.69) is 31.0 Å². The zero-order chi connectivity index (χ0) is 14.6. The van der Waals surface area contributed by atoms with Gasteiger partial charge in [-0.05, 0) is 32.9 Å². The molecule has 0 bridgehead atoms. The average Bonchev–Trinajstić information content (AvgIpc) is 2.93. The van der Waals surface area contributed by atoms with E-state index >= 15 is 0 Å². The lowest BCUT2D eigenvalue weighted by atomic mass is 10.5. The minimum absolute atomic E-state index is 0.600. The number of thiazole rings is 1. The maximum absolute atomic E-state index is 5.46. The van der Waals surface area contributed by atoms with Crippen LogP contribution < -0.4 is 0 Å². The van der Waals surface area contributed by atoms with Crippen molar-refractivity contribution in [1.29, 1.82) is 0 Å². The average molecular weight is 306 g/mol. The molecule has 0 aliphatic carbocycles. The highest BCUT2D eigenvalue weighted by molar-refractivity contribution is 7.11. The SMILES string of the molecule is CC.CC.Cc1ccc(C)s1.Cc1nc(Cl)cs1. The zero-order valence-electron chi connectivity index (χ0n) is 12.4. The number of nitrogens with zero attached hydrogens (tertiary/aromatic N) is 1. The Morgan fingerprint density at radius 3 is 1.50 bits per heavy atom. The lowest BCUT2D eigenvalue weighted by molar-refractivity contribution is 1.30. The maximum atomic E-state index is 5.46. The van der Waals surface area contributed by atoms with Crippen molar-refractivity contribution < 1.29 is 0 Å². The first-order chi connectivity index (χ1) is 8.58. The second kappa shape index (κ2) is 13.1. The van der Waals surface area contributed by atoms with Crippen molar-refractivity contribution in [2.75, 3.05) is 0 Å². The number of halogens is 1. The second-order valence-electron chi connectivity index (χ2n) is 2.85. The molecule has 0 N–H and O–H groups in total. The number of aryl methyl sites for hydroxylation is 3. The van der Waals surface area contributed by atoms with Gasteiger partial charge in [0.1, 0.15) is 5.15 Å². The highest BCUT2D eigenvalue weighted by atomic mass is 35.5. The molecular weight excluding hydrogens is 282 g/mol. The molecule has 0 saturated carbocycles. The van der Waals surface area contributed by atoms with Gasteiger partial charge < -0.3 is 0 Å². The first-order valence-corrected chi connectivity index (χ1v) is 8.26. The summed E-state index contributed by atoms with van der Waals surface area (Å²) < 4.78 is 0. The minimum Gasteiger partial charge on any atom is -0.230 e. The van der Waals surface area contributed by atoms with E-state index in [4.69, 9.17) is 11.6 Å². The van der Waals surface area contributed by atoms with E-state index in [0.717, 1.165) is 5.01 Å². The summed E-state index contributed by atoms with van der Waals surface area (Å²) in [4.78, 5) is 6.70. The molecule has 0 radical (unpaired) electrons. The topological polar surface area (TPSA) is 12.9 Å². The summed E-state index contributed by atoms with van der Waals surface area (Å²) in [6, 6.07) is 4.28. The molecule has 104 valence electrons. The standard InChI is InChI=1S/C6H8S.C4H4ClNS.2C2H6/c1-5-3-4-6(2)7-5;1-3-6-4(5)2-7-3;2*1-2/h3-4H,1-2H3;2H,1H3;2*1-2H3. The van der Waals surface area contributed by atoms with Gasteiger partial charge in [-0.15, -0.1) is 22.7 Å². The third kappa shape index (κ3) is 10.8. The van der Waals surface area contributed by atoms with Crippen LogP contribution in [0.1, 0.15) is 42.5 Å². The lowest BCUT2D eigenvalue weighted by Gasteiger charge is -1.71. The quantitative estimate of drug-likeness (QED) is 0.539. The number of thiophene rings is 1. The molecule has 0 aromatic carbocycles. The van der Waals surface area contributed by atoms with Crippen LogP contribution in [0.2, 0.25) is 5.15 Å². The normalized spacial score (nSPS) is 8.00. The van der Waals surface area contributed by atoms with E-state index in [-0.39, 0.29) is 0 Å². The first-order valence-electron chi connectivity index (χ1n) is 6.18. The van der Waals surface area contributed by atoms with Gasteiger partial charge in [-0.3, -0.25) is 0 Å². The fourth-order valence-corrected chi connectivity index (χ4v) is 2.46. The van der Waals surface area contributed by atoms with Crippen LogP contribution in [0.5, 0.6) is 0 Å². The Morgan fingerprint density at radius 2 is 1.39 bits per heavy atom. The van der Waals surface area contributed by atoms with Crippen LogP contribution in [0, 0.1) is 20.8 Å². The number of hydrogen-bond acceptors (Lipinski definition) is 3. The van der Waals surface area contributed by atoms with E-state index < -0.39 is 0 Å². The Kier molecular flexibility index (Phi) is 14.5. The molecule has 0 saturated heterocycles. The molecule has 2 rings (SSSR count). The molecule has 0 atom stereocenters. The van der Waals surface area contributed by atoms with E-state index in [1.54, 1.807) is 11.3 Å². The predicted molar refractivity (Wildman–Crippen MR) is 88.4 cm³/mol. The van der Waals surface area contributed by atoms with Crippen LogP contribution in [0.3, 0.4) is 0 Å². The smallest absolute Gasteiger partial charge is 0.140 e. The Balaban J connectivity index is 0. The van der Waals surface area contributed by atoms with Gasteiger partial charge in [0, 0.05) is 15.1 Å². The number of aromatic nitrogens is 1. The number of rotatable bonds is 0. The fraction of sp³-hybridized carbons (Fsp3) is 0.500. The first kappa shape index (κ1) is 19.9. The molecule has 0 spiro atoms. The fourth-order valence-electron chi connectivity index (χ4n) is 0.894. The van der Waals surface area contributed by atoms with Crippen LogP contribution in [-0.2, 0) is 0 Å². The van der Waals surface area contributed by atoms with Gasteiger partial charge in [-0.1, -0.05) is 39.3 Å². The Hall–Kier alpha value is -0.380. The van der Waals surface area contributed by atoms with Crippen LogP contribution in [0.25, 0.3) is 0 Å². The molecule has 2 heterocycles. The van der Waals surface area contributed by atoms with Crippen LogP contribution in [0.4, 0.5) is 0 Å². The summed E-state index contributed by atoms with van der Waals surface area (Å²) in [5.41, 5.74) is 0. The van der Waals surface area contributed by atoms with E-state index in [9.17, 15) is 0 Å². The van der Waals surface area contributed by atoms with Gasteiger partial charge in [-0.25, -0.2) is 4.98 Å². The molecule has 2 aromatic heterocycles. The minimum atomic E-state index is 0.600. The second-order valence-corrected chi connectivity index (χ2v) is 5.79. The molecule has 0 amide bonds. The Morgan fingerprint density at radius 1 is 0.944 bits per heavy atom. The number of hydrogen-bond donors (Lipinski definition) is 0. The summed E-state index contributed by atoms with van der Waals surface area (Å²) in [7, 11) is 0. The predicted octanol–water partition coefficient (Wildman–Crippen LogP) is 6.52. The van der Waals surface area contributed by atoms with Crippen LogP contribution >= 0.6 is 34.3 Å². The highest BCUT2D eigenvalue weighted by Crippen LogP contribution is 2.12. The molecule has 0 aliphatic rings. The van der Waals surface area contributed by atoms with Gasteiger partial charge >= 0.3 is 0 Å². The van der Waals surface area contributed by atoms with Gasteiger partial charge in [0.05, 0.1) is 5.01 Å². The van der Waals surface area contributed by atoms with Crippen LogP contribution in [0.15, 0.2) is 17.5 Å². The summed E-state index contributed by atoms with van der Waals surface area (Å²) in [5.74, 6) is 0. The van der Waals surface area contributed by atoms with Crippen molar-refractivity contribution in [2.24, 2.45) is 0 Å². The van der Waals surface area contributed by atoms with Gasteiger partial charge in [0.2, 0.25) is 0 Å². The zero-order valence-corrected chi connectivity index (χ0v) is 14.8. The molecule has 0 unspecified atom stereocenters. The summed E-state index contributed by atoms with van der Waals surface area (Å²) in [5, 5.41) is 3.43. The Labute approximate surface area is 125 Å². The monoisotopic (exact) mass is 305 g/mol. The maximum Gasteiger partial charge on any atom is 0.140 e. The van der Waals surface area contributed by atoms with Gasteiger partial charge in [-0.2, -0.15) is 0 Å². The largest absolute Gasteiger partial charge is 0.230 e. The summed E-state index contributed by atoms with van der Waals surface area (Å²) in [6.07, 6.45) is 0. The van der Waals surface area contributed by atoms with Crippen molar-refractivity contribution in [3.05, 3.63) is 37.4 Å². The van der Waals surface area contributed by atoms with E-state index in [0.29, 0.717) is 5.15 Å². The van der Waals surface area contributed by atoms with Gasteiger partial charge in [0.25, 0.3) is 0 Å². The van der Waals surface area contributed by atoms with Gasteiger partial charge in [0.15, 0.2) is 0 Å².